The van der Waals surface area contributed by atoms with Crippen molar-refractivity contribution in [2.75, 3.05) is 5.88 Å². The molecule has 2 aromatic rings. The standard InChI is InChI=1S/C14H16ClN3O/c15-7-3-5-12-9-18(17-16-12)10-13-8-11-4-1-2-6-14(11)19-13/h1-2,4,6,9,13H,3,5,7-8,10H2. The molecule has 1 unspecified atom stereocenters. The number of aromatic nitrogens is 3. The molecule has 0 spiro atoms. The van der Waals surface area contributed by atoms with Gasteiger partial charge in [-0.15, -0.1) is 16.7 Å². The van der Waals surface area contributed by atoms with Gasteiger partial charge in [0, 0.05) is 18.5 Å². The summed E-state index contributed by atoms with van der Waals surface area (Å²) in [5.41, 5.74) is 2.27. The third kappa shape index (κ3) is 2.89. The van der Waals surface area contributed by atoms with Crippen LogP contribution in [0.1, 0.15) is 17.7 Å². The molecule has 0 saturated carbocycles. The fourth-order valence-corrected chi connectivity index (χ4v) is 2.49. The van der Waals surface area contributed by atoms with Gasteiger partial charge in [0.05, 0.1) is 12.2 Å². The summed E-state index contributed by atoms with van der Waals surface area (Å²) in [5.74, 6) is 1.66. The summed E-state index contributed by atoms with van der Waals surface area (Å²) < 4.78 is 7.75. The number of hydrogen-bond acceptors (Lipinski definition) is 3. The van der Waals surface area contributed by atoms with Crippen LogP contribution in [-0.2, 0) is 19.4 Å². The minimum atomic E-state index is 0.153. The van der Waals surface area contributed by atoms with Gasteiger partial charge in [0.1, 0.15) is 11.9 Å². The van der Waals surface area contributed by atoms with E-state index in [1.165, 1.54) is 5.56 Å². The van der Waals surface area contributed by atoms with E-state index in [2.05, 4.69) is 16.4 Å². The number of halogens is 1. The molecule has 1 aromatic carbocycles. The average Bonchev–Trinajstić information content (AvgIpc) is 3.02. The lowest BCUT2D eigenvalue weighted by Gasteiger charge is -2.09. The van der Waals surface area contributed by atoms with Crippen LogP contribution in [0.15, 0.2) is 30.5 Å². The number of benzene rings is 1. The molecule has 1 aromatic heterocycles. The van der Waals surface area contributed by atoms with Gasteiger partial charge in [-0.1, -0.05) is 23.4 Å². The molecule has 19 heavy (non-hydrogen) atoms. The Morgan fingerprint density at radius 3 is 3.11 bits per heavy atom. The van der Waals surface area contributed by atoms with E-state index in [1.54, 1.807) is 0 Å². The van der Waals surface area contributed by atoms with Gasteiger partial charge in [0.15, 0.2) is 0 Å². The summed E-state index contributed by atoms with van der Waals surface area (Å²) in [4.78, 5) is 0. The molecule has 5 heteroatoms. The van der Waals surface area contributed by atoms with Crippen molar-refractivity contribution in [3.05, 3.63) is 41.7 Å². The average molecular weight is 278 g/mol. The largest absolute Gasteiger partial charge is 0.488 e. The van der Waals surface area contributed by atoms with Crippen LogP contribution in [0.25, 0.3) is 0 Å². The number of ether oxygens (including phenoxy) is 1. The number of rotatable bonds is 5. The molecule has 100 valence electrons. The van der Waals surface area contributed by atoms with Crippen molar-refractivity contribution in [2.45, 2.75) is 31.9 Å². The quantitative estimate of drug-likeness (QED) is 0.788. The van der Waals surface area contributed by atoms with Gasteiger partial charge in [-0.2, -0.15) is 0 Å². The first-order valence-electron chi connectivity index (χ1n) is 6.54. The van der Waals surface area contributed by atoms with Crippen molar-refractivity contribution in [1.29, 1.82) is 0 Å². The number of fused-ring (bicyclic) bond motifs is 1. The highest BCUT2D eigenvalue weighted by atomic mass is 35.5. The van der Waals surface area contributed by atoms with Gasteiger partial charge < -0.3 is 4.74 Å². The van der Waals surface area contributed by atoms with Crippen molar-refractivity contribution in [3.63, 3.8) is 0 Å². The predicted molar refractivity (Wildman–Crippen MR) is 73.6 cm³/mol. The molecule has 0 bridgehead atoms. The van der Waals surface area contributed by atoms with Crippen LogP contribution in [-0.4, -0.2) is 27.0 Å². The minimum absolute atomic E-state index is 0.153. The maximum Gasteiger partial charge on any atom is 0.123 e. The second kappa shape index (κ2) is 5.61. The molecule has 4 nitrogen and oxygen atoms in total. The van der Waals surface area contributed by atoms with Gasteiger partial charge in [-0.05, 0) is 24.5 Å². The highest BCUT2D eigenvalue weighted by molar-refractivity contribution is 6.17. The second-order valence-electron chi connectivity index (χ2n) is 4.78. The lowest BCUT2D eigenvalue weighted by atomic mass is 10.1. The van der Waals surface area contributed by atoms with E-state index < -0.39 is 0 Å². The first kappa shape index (κ1) is 12.5. The fraction of sp³-hybridized carbons (Fsp3) is 0.429. The first-order valence-corrected chi connectivity index (χ1v) is 7.08. The normalized spacial score (nSPS) is 17.2. The number of alkyl halides is 1. The van der Waals surface area contributed by atoms with Crippen molar-refractivity contribution in [2.24, 2.45) is 0 Å². The summed E-state index contributed by atoms with van der Waals surface area (Å²) >= 11 is 5.67. The highest BCUT2D eigenvalue weighted by Gasteiger charge is 2.22. The van der Waals surface area contributed by atoms with E-state index in [0.717, 1.165) is 37.3 Å². The van der Waals surface area contributed by atoms with E-state index in [0.29, 0.717) is 5.88 Å². The van der Waals surface area contributed by atoms with Gasteiger partial charge in [0.2, 0.25) is 0 Å². The molecule has 1 aliphatic heterocycles. The Labute approximate surface area is 117 Å². The third-order valence-corrected chi connectivity index (χ3v) is 3.52. The summed E-state index contributed by atoms with van der Waals surface area (Å²) in [7, 11) is 0. The molecule has 3 rings (SSSR count). The SMILES string of the molecule is ClCCCc1cn(CC2Cc3ccccc3O2)nn1. The van der Waals surface area contributed by atoms with Crippen LogP contribution in [0.3, 0.4) is 0 Å². The van der Waals surface area contributed by atoms with Crippen molar-refractivity contribution in [1.82, 2.24) is 15.0 Å². The zero-order valence-corrected chi connectivity index (χ0v) is 11.4. The smallest absolute Gasteiger partial charge is 0.123 e. The molecule has 1 aliphatic rings. The highest BCUT2D eigenvalue weighted by Crippen LogP contribution is 2.28. The van der Waals surface area contributed by atoms with Crippen LogP contribution in [0.2, 0.25) is 0 Å². The maximum atomic E-state index is 5.89. The summed E-state index contributed by atoms with van der Waals surface area (Å²) in [6.45, 7) is 0.739. The van der Waals surface area contributed by atoms with Gasteiger partial charge >= 0.3 is 0 Å². The van der Waals surface area contributed by atoms with E-state index in [4.69, 9.17) is 16.3 Å². The fourth-order valence-electron chi connectivity index (χ4n) is 2.35. The summed E-state index contributed by atoms with van der Waals surface area (Å²) in [5, 5.41) is 8.28. The van der Waals surface area contributed by atoms with Crippen LogP contribution < -0.4 is 4.74 Å². The topological polar surface area (TPSA) is 39.9 Å². The van der Waals surface area contributed by atoms with Crippen LogP contribution in [0.5, 0.6) is 5.75 Å². The van der Waals surface area contributed by atoms with E-state index in [-0.39, 0.29) is 6.10 Å². The third-order valence-electron chi connectivity index (χ3n) is 3.26. The van der Waals surface area contributed by atoms with Crippen LogP contribution >= 0.6 is 11.6 Å². The molecule has 0 aliphatic carbocycles. The van der Waals surface area contributed by atoms with E-state index in [9.17, 15) is 0 Å². The molecule has 0 radical (unpaired) electrons. The molecule has 2 heterocycles. The Hall–Kier alpha value is -1.55. The Bertz CT molecular complexity index is 530. The van der Waals surface area contributed by atoms with Crippen LogP contribution in [0.4, 0.5) is 0 Å². The van der Waals surface area contributed by atoms with Crippen LogP contribution in [0, 0.1) is 0 Å². The molecular weight excluding hydrogens is 262 g/mol. The first-order chi connectivity index (χ1) is 9.35. The molecule has 1 atom stereocenters. The molecule has 0 saturated heterocycles. The Morgan fingerprint density at radius 1 is 1.37 bits per heavy atom. The number of hydrogen-bond donors (Lipinski definition) is 0. The Morgan fingerprint density at radius 2 is 2.26 bits per heavy atom. The number of aryl methyl sites for hydroxylation is 1. The Balaban J connectivity index is 1.60. The molecular formula is C14H16ClN3O. The maximum absolute atomic E-state index is 5.89. The Kier molecular flexibility index (Phi) is 3.69. The van der Waals surface area contributed by atoms with Gasteiger partial charge in [0.25, 0.3) is 0 Å². The second-order valence-corrected chi connectivity index (χ2v) is 5.15. The van der Waals surface area contributed by atoms with Crippen molar-refractivity contribution < 1.29 is 4.74 Å². The van der Waals surface area contributed by atoms with Gasteiger partial charge in [-0.3, -0.25) is 0 Å². The van der Waals surface area contributed by atoms with Crippen molar-refractivity contribution in [3.8, 4) is 5.75 Å². The zero-order valence-electron chi connectivity index (χ0n) is 10.6. The van der Waals surface area contributed by atoms with E-state index >= 15 is 0 Å². The number of para-hydroxylation sites is 1. The minimum Gasteiger partial charge on any atom is -0.488 e. The van der Waals surface area contributed by atoms with Crippen molar-refractivity contribution >= 4 is 11.6 Å². The van der Waals surface area contributed by atoms with Gasteiger partial charge in [-0.25, -0.2) is 4.68 Å². The number of nitrogens with zero attached hydrogens (tertiary/aromatic N) is 3. The lowest BCUT2D eigenvalue weighted by molar-refractivity contribution is 0.202. The molecule has 0 amide bonds. The molecule has 0 fully saturated rings. The van der Waals surface area contributed by atoms with E-state index in [1.807, 2.05) is 29.1 Å². The molecule has 0 N–H and O–H groups in total. The zero-order chi connectivity index (χ0) is 13.1. The summed E-state index contributed by atoms with van der Waals surface area (Å²) in [6, 6.07) is 8.18. The monoisotopic (exact) mass is 277 g/mol. The lowest BCUT2D eigenvalue weighted by Crippen LogP contribution is -2.21. The summed E-state index contributed by atoms with van der Waals surface area (Å²) in [6.07, 6.45) is 4.90. The predicted octanol–water partition coefficient (Wildman–Crippen LogP) is 2.45.